The van der Waals surface area contributed by atoms with E-state index in [0.29, 0.717) is 23.5 Å². The fraction of sp³-hybridized carbons (Fsp3) is 0.222. The second-order valence-electron chi connectivity index (χ2n) is 5.09. The van der Waals surface area contributed by atoms with Crippen molar-refractivity contribution < 1.29 is 14.3 Å². The molecule has 23 heavy (non-hydrogen) atoms. The Hall–Kier alpha value is -2.82. The van der Waals surface area contributed by atoms with E-state index in [4.69, 9.17) is 4.74 Å². The molecular formula is C18H20N2O3. The number of nitrogens with one attached hydrogen (secondary N) is 2. The van der Waals surface area contributed by atoms with Gasteiger partial charge >= 0.3 is 0 Å². The van der Waals surface area contributed by atoms with E-state index in [2.05, 4.69) is 10.6 Å². The predicted octanol–water partition coefficient (Wildman–Crippen LogP) is 2.76. The third-order valence-electron chi connectivity index (χ3n) is 3.14. The number of carbonyl (C=O) groups is 2. The summed E-state index contributed by atoms with van der Waals surface area (Å²) in [5, 5.41) is 5.48. The number of rotatable bonds is 6. The zero-order valence-electron chi connectivity index (χ0n) is 13.3. The van der Waals surface area contributed by atoms with Crippen molar-refractivity contribution in [2.75, 3.05) is 18.5 Å². The highest BCUT2D eigenvalue weighted by Crippen LogP contribution is 2.16. The summed E-state index contributed by atoms with van der Waals surface area (Å²) in [6.07, 6.45) is 0. The molecule has 0 unspecified atom stereocenters. The first kappa shape index (κ1) is 16.5. The molecule has 0 spiro atoms. The summed E-state index contributed by atoms with van der Waals surface area (Å²) in [5.41, 5.74) is 2.31. The van der Waals surface area contributed by atoms with Gasteiger partial charge in [-0.15, -0.1) is 0 Å². The molecule has 2 aromatic carbocycles. The normalized spacial score (nSPS) is 10.0. The van der Waals surface area contributed by atoms with E-state index >= 15 is 0 Å². The van der Waals surface area contributed by atoms with Gasteiger partial charge in [0.1, 0.15) is 5.75 Å². The van der Waals surface area contributed by atoms with Crippen LogP contribution in [-0.2, 0) is 4.79 Å². The Morgan fingerprint density at radius 2 is 1.83 bits per heavy atom. The standard InChI is InChI=1S/C18H20N2O3/c1-3-19-17(21)12-23-16-9-7-15(8-10-16)20-18(22)14-6-4-5-13(2)11-14/h4-11H,3,12H2,1-2H3,(H,19,21)(H,20,22). The summed E-state index contributed by atoms with van der Waals surface area (Å²) < 4.78 is 5.36. The third kappa shape index (κ3) is 5.14. The van der Waals surface area contributed by atoms with Crippen molar-refractivity contribution in [2.45, 2.75) is 13.8 Å². The molecule has 0 aliphatic heterocycles. The van der Waals surface area contributed by atoms with E-state index in [9.17, 15) is 9.59 Å². The van der Waals surface area contributed by atoms with E-state index < -0.39 is 0 Å². The minimum Gasteiger partial charge on any atom is -0.484 e. The van der Waals surface area contributed by atoms with Gasteiger partial charge in [-0.3, -0.25) is 9.59 Å². The Labute approximate surface area is 135 Å². The molecule has 2 aromatic rings. The van der Waals surface area contributed by atoms with E-state index in [1.165, 1.54) is 0 Å². The molecule has 0 bridgehead atoms. The molecule has 0 aromatic heterocycles. The van der Waals surface area contributed by atoms with Crippen LogP contribution in [0, 0.1) is 6.92 Å². The molecule has 0 radical (unpaired) electrons. The van der Waals surface area contributed by atoms with Crippen LogP contribution in [0.4, 0.5) is 5.69 Å². The fourth-order valence-corrected chi connectivity index (χ4v) is 2.02. The van der Waals surface area contributed by atoms with Crippen LogP contribution in [0.3, 0.4) is 0 Å². The zero-order chi connectivity index (χ0) is 16.7. The molecule has 0 saturated heterocycles. The van der Waals surface area contributed by atoms with Crippen molar-refractivity contribution in [2.24, 2.45) is 0 Å². The number of carbonyl (C=O) groups excluding carboxylic acids is 2. The molecule has 5 heteroatoms. The van der Waals surface area contributed by atoms with Crippen LogP contribution in [0.1, 0.15) is 22.8 Å². The van der Waals surface area contributed by atoms with Crippen molar-refractivity contribution in [3.63, 3.8) is 0 Å². The lowest BCUT2D eigenvalue weighted by Crippen LogP contribution is -2.28. The van der Waals surface area contributed by atoms with Gasteiger partial charge in [-0.05, 0) is 50.2 Å². The molecule has 0 fully saturated rings. The smallest absolute Gasteiger partial charge is 0.257 e. The zero-order valence-corrected chi connectivity index (χ0v) is 13.3. The largest absolute Gasteiger partial charge is 0.484 e. The monoisotopic (exact) mass is 312 g/mol. The van der Waals surface area contributed by atoms with Gasteiger partial charge in [-0.1, -0.05) is 17.7 Å². The van der Waals surface area contributed by atoms with E-state index in [1.807, 2.05) is 32.0 Å². The minimum atomic E-state index is -0.163. The van der Waals surface area contributed by atoms with Gasteiger partial charge in [0.15, 0.2) is 6.61 Å². The summed E-state index contributed by atoms with van der Waals surface area (Å²) in [5.74, 6) is 0.249. The Kier molecular flexibility index (Phi) is 5.74. The molecule has 0 heterocycles. The van der Waals surface area contributed by atoms with Gasteiger partial charge < -0.3 is 15.4 Å². The minimum absolute atomic E-state index is 0.0250. The third-order valence-corrected chi connectivity index (χ3v) is 3.14. The number of ether oxygens (including phenoxy) is 1. The molecule has 2 N–H and O–H groups in total. The van der Waals surface area contributed by atoms with Gasteiger partial charge in [0, 0.05) is 17.8 Å². The number of aryl methyl sites for hydroxylation is 1. The van der Waals surface area contributed by atoms with Crippen molar-refractivity contribution in [1.82, 2.24) is 5.32 Å². The number of benzene rings is 2. The first-order valence-corrected chi connectivity index (χ1v) is 7.46. The van der Waals surface area contributed by atoms with Crippen molar-refractivity contribution in [3.8, 4) is 5.75 Å². The number of hydrogen-bond donors (Lipinski definition) is 2. The maximum atomic E-state index is 12.1. The van der Waals surface area contributed by atoms with Gasteiger partial charge in [0.05, 0.1) is 0 Å². The van der Waals surface area contributed by atoms with Crippen molar-refractivity contribution in [3.05, 3.63) is 59.7 Å². The molecule has 120 valence electrons. The summed E-state index contributed by atoms with van der Waals surface area (Å²) >= 11 is 0. The van der Waals surface area contributed by atoms with E-state index in [1.54, 1.807) is 30.3 Å². The first-order valence-electron chi connectivity index (χ1n) is 7.46. The number of amides is 2. The Balaban J connectivity index is 1.92. The molecule has 0 atom stereocenters. The van der Waals surface area contributed by atoms with Crippen LogP contribution >= 0.6 is 0 Å². The quantitative estimate of drug-likeness (QED) is 0.862. The number of hydrogen-bond acceptors (Lipinski definition) is 3. The average Bonchev–Trinajstić information content (AvgIpc) is 2.54. The van der Waals surface area contributed by atoms with Crippen LogP contribution in [0.25, 0.3) is 0 Å². The second kappa shape index (κ2) is 7.98. The lowest BCUT2D eigenvalue weighted by molar-refractivity contribution is -0.122. The lowest BCUT2D eigenvalue weighted by Gasteiger charge is -2.08. The highest BCUT2D eigenvalue weighted by atomic mass is 16.5. The summed E-state index contributed by atoms with van der Waals surface area (Å²) in [6.45, 7) is 4.34. The highest BCUT2D eigenvalue weighted by molar-refractivity contribution is 6.04. The number of anilines is 1. The Morgan fingerprint density at radius 1 is 1.09 bits per heavy atom. The van der Waals surface area contributed by atoms with Crippen molar-refractivity contribution in [1.29, 1.82) is 0 Å². The van der Waals surface area contributed by atoms with E-state index in [-0.39, 0.29) is 18.4 Å². The maximum Gasteiger partial charge on any atom is 0.257 e. The van der Waals surface area contributed by atoms with Crippen LogP contribution in [0.2, 0.25) is 0 Å². The molecule has 2 rings (SSSR count). The lowest BCUT2D eigenvalue weighted by atomic mass is 10.1. The Bertz CT molecular complexity index is 681. The summed E-state index contributed by atoms with van der Waals surface area (Å²) in [6, 6.07) is 14.3. The molecule has 0 aliphatic rings. The second-order valence-corrected chi connectivity index (χ2v) is 5.09. The van der Waals surface area contributed by atoms with Gasteiger partial charge in [0.2, 0.25) is 0 Å². The highest BCUT2D eigenvalue weighted by Gasteiger charge is 2.06. The van der Waals surface area contributed by atoms with E-state index in [0.717, 1.165) is 5.56 Å². The maximum absolute atomic E-state index is 12.1. The van der Waals surface area contributed by atoms with Crippen LogP contribution in [0.5, 0.6) is 5.75 Å². The van der Waals surface area contributed by atoms with Crippen LogP contribution in [0.15, 0.2) is 48.5 Å². The first-order chi connectivity index (χ1) is 11.1. The average molecular weight is 312 g/mol. The molecular weight excluding hydrogens is 292 g/mol. The predicted molar refractivity (Wildman–Crippen MR) is 89.8 cm³/mol. The fourth-order valence-electron chi connectivity index (χ4n) is 2.02. The number of likely N-dealkylation sites (N-methyl/N-ethyl adjacent to an activating group) is 1. The summed E-state index contributed by atoms with van der Waals surface area (Å²) in [7, 11) is 0. The SMILES string of the molecule is CCNC(=O)COc1ccc(NC(=O)c2cccc(C)c2)cc1. The van der Waals surface area contributed by atoms with Gasteiger partial charge in [-0.2, -0.15) is 0 Å². The topological polar surface area (TPSA) is 67.4 Å². The molecule has 0 saturated carbocycles. The van der Waals surface area contributed by atoms with Crippen LogP contribution in [-0.4, -0.2) is 25.0 Å². The van der Waals surface area contributed by atoms with Gasteiger partial charge in [-0.25, -0.2) is 0 Å². The Morgan fingerprint density at radius 3 is 2.48 bits per heavy atom. The molecule has 5 nitrogen and oxygen atoms in total. The van der Waals surface area contributed by atoms with Gasteiger partial charge in [0.25, 0.3) is 11.8 Å². The summed E-state index contributed by atoms with van der Waals surface area (Å²) in [4.78, 5) is 23.5. The van der Waals surface area contributed by atoms with Crippen LogP contribution < -0.4 is 15.4 Å². The molecule has 0 aliphatic carbocycles. The molecule has 2 amide bonds. The van der Waals surface area contributed by atoms with Crippen molar-refractivity contribution >= 4 is 17.5 Å².